The lowest BCUT2D eigenvalue weighted by Crippen LogP contribution is -2.34. The van der Waals surface area contributed by atoms with Crippen LogP contribution in [0.4, 0.5) is 0 Å². The second-order valence-corrected chi connectivity index (χ2v) is 5.01. The van der Waals surface area contributed by atoms with Crippen molar-refractivity contribution >= 4 is 5.97 Å². The summed E-state index contributed by atoms with van der Waals surface area (Å²) in [5.74, 6) is -0.791. The van der Waals surface area contributed by atoms with Gasteiger partial charge in [0.25, 0.3) is 0 Å². The van der Waals surface area contributed by atoms with Crippen LogP contribution in [0.2, 0.25) is 0 Å². The van der Waals surface area contributed by atoms with Gasteiger partial charge in [0.15, 0.2) is 0 Å². The highest BCUT2D eigenvalue weighted by molar-refractivity contribution is 5.81. The van der Waals surface area contributed by atoms with E-state index in [0.29, 0.717) is 13.0 Å². The van der Waals surface area contributed by atoms with Crippen LogP contribution in [0, 0.1) is 0 Å². The molecule has 0 aromatic heterocycles. The van der Waals surface area contributed by atoms with Gasteiger partial charge in [-0.25, -0.2) is 0 Å². The maximum absolute atomic E-state index is 11.5. The molecule has 0 aliphatic heterocycles. The Balaban J connectivity index is 2.40. The van der Waals surface area contributed by atoms with Gasteiger partial charge in [-0.15, -0.1) is 0 Å². The molecule has 0 fully saturated rings. The molecule has 1 aromatic carbocycles. The second kappa shape index (κ2) is 4.49. The summed E-state index contributed by atoms with van der Waals surface area (Å²) in [5, 5.41) is 9.41. The summed E-state index contributed by atoms with van der Waals surface area (Å²) in [7, 11) is 0. The van der Waals surface area contributed by atoms with E-state index < -0.39 is 11.4 Å². The van der Waals surface area contributed by atoms with Crippen LogP contribution in [0.3, 0.4) is 0 Å². The third-order valence-electron chi connectivity index (χ3n) is 3.85. The van der Waals surface area contributed by atoms with Crippen LogP contribution < -0.4 is 5.73 Å². The number of aliphatic carboxylic acids is 1. The minimum Gasteiger partial charge on any atom is -0.481 e. The summed E-state index contributed by atoms with van der Waals surface area (Å²) < 4.78 is 0. The Kier molecular flexibility index (Phi) is 3.20. The van der Waals surface area contributed by atoms with Gasteiger partial charge in [0.2, 0.25) is 0 Å². The van der Waals surface area contributed by atoms with Crippen LogP contribution in [0.15, 0.2) is 18.2 Å². The number of hydrogen-bond acceptors (Lipinski definition) is 2. The summed E-state index contributed by atoms with van der Waals surface area (Å²) in [4.78, 5) is 11.5. The van der Waals surface area contributed by atoms with E-state index in [1.54, 1.807) is 6.92 Å². The first-order chi connectivity index (χ1) is 8.08. The van der Waals surface area contributed by atoms with Crippen molar-refractivity contribution in [3.63, 3.8) is 0 Å². The first-order valence-corrected chi connectivity index (χ1v) is 6.13. The SMILES string of the molecule is CC(CCN)(C(=O)O)c1ccc2c(c1)CCC2. The molecular formula is C14H19NO2. The Morgan fingerprint density at radius 1 is 1.41 bits per heavy atom. The smallest absolute Gasteiger partial charge is 0.313 e. The van der Waals surface area contributed by atoms with Crippen molar-refractivity contribution in [2.75, 3.05) is 6.54 Å². The molecule has 1 unspecified atom stereocenters. The highest BCUT2D eigenvalue weighted by atomic mass is 16.4. The first-order valence-electron chi connectivity index (χ1n) is 6.13. The fraction of sp³-hybridized carbons (Fsp3) is 0.500. The number of hydrogen-bond donors (Lipinski definition) is 2. The quantitative estimate of drug-likeness (QED) is 0.834. The van der Waals surface area contributed by atoms with Gasteiger partial charge in [-0.2, -0.15) is 0 Å². The Morgan fingerprint density at radius 2 is 2.12 bits per heavy atom. The van der Waals surface area contributed by atoms with Crippen LogP contribution in [-0.2, 0) is 23.1 Å². The maximum atomic E-state index is 11.5. The van der Waals surface area contributed by atoms with Gasteiger partial charge in [-0.05, 0) is 55.8 Å². The van der Waals surface area contributed by atoms with Gasteiger partial charge in [-0.3, -0.25) is 4.79 Å². The molecule has 3 nitrogen and oxygen atoms in total. The Morgan fingerprint density at radius 3 is 2.76 bits per heavy atom. The summed E-state index contributed by atoms with van der Waals surface area (Å²) in [6.45, 7) is 2.15. The lowest BCUT2D eigenvalue weighted by atomic mass is 9.78. The monoisotopic (exact) mass is 233 g/mol. The Bertz CT molecular complexity index is 442. The fourth-order valence-corrected chi connectivity index (χ4v) is 2.58. The third-order valence-corrected chi connectivity index (χ3v) is 3.85. The average molecular weight is 233 g/mol. The van der Waals surface area contributed by atoms with E-state index in [1.165, 1.54) is 17.5 Å². The van der Waals surface area contributed by atoms with E-state index in [-0.39, 0.29) is 0 Å². The number of carboxylic acid groups (broad SMARTS) is 1. The molecule has 92 valence electrons. The Hall–Kier alpha value is -1.35. The molecule has 0 amide bonds. The predicted octanol–water partition coefficient (Wildman–Crippen LogP) is 1.87. The Labute approximate surface area is 102 Å². The van der Waals surface area contributed by atoms with E-state index in [0.717, 1.165) is 18.4 Å². The number of carbonyl (C=O) groups is 1. The van der Waals surface area contributed by atoms with Crippen LogP contribution in [0.5, 0.6) is 0 Å². The zero-order chi connectivity index (χ0) is 12.5. The fourth-order valence-electron chi connectivity index (χ4n) is 2.58. The van der Waals surface area contributed by atoms with Crippen LogP contribution in [0.1, 0.15) is 36.5 Å². The van der Waals surface area contributed by atoms with Gasteiger partial charge >= 0.3 is 5.97 Å². The molecule has 0 heterocycles. The van der Waals surface area contributed by atoms with E-state index in [1.807, 2.05) is 6.07 Å². The molecule has 1 aromatic rings. The number of rotatable bonds is 4. The number of benzene rings is 1. The van der Waals surface area contributed by atoms with Crippen LogP contribution >= 0.6 is 0 Å². The number of carboxylic acids is 1. The van der Waals surface area contributed by atoms with Crippen molar-refractivity contribution in [2.24, 2.45) is 5.73 Å². The van der Waals surface area contributed by atoms with Crippen molar-refractivity contribution in [3.05, 3.63) is 34.9 Å². The molecule has 1 atom stereocenters. The van der Waals surface area contributed by atoms with E-state index in [9.17, 15) is 9.90 Å². The molecule has 1 aliphatic carbocycles. The van der Waals surface area contributed by atoms with E-state index >= 15 is 0 Å². The first kappa shape index (κ1) is 12.1. The zero-order valence-electron chi connectivity index (χ0n) is 10.2. The standard InChI is InChI=1S/C14H19NO2/c1-14(7-8-15,13(16)17)12-6-5-10-3-2-4-11(10)9-12/h5-6,9H,2-4,7-8,15H2,1H3,(H,16,17). The van der Waals surface area contributed by atoms with Crippen molar-refractivity contribution in [3.8, 4) is 0 Å². The summed E-state index contributed by atoms with van der Waals surface area (Å²) in [6, 6.07) is 6.09. The molecular weight excluding hydrogens is 214 g/mol. The lowest BCUT2D eigenvalue weighted by molar-refractivity contribution is -0.143. The molecule has 0 spiro atoms. The molecule has 17 heavy (non-hydrogen) atoms. The van der Waals surface area contributed by atoms with Crippen LogP contribution in [0.25, 0.3) is 0 Å². The summed E-state index contributed by atoms with van der Waals surface area (Å²) in [6.07, 6.45) is 3.85. The highest BCUT2D eigenvalue weighted by Gasteiger charge is 2.34. The van der Waals surface area contributed by atoms with Gasteiger partial charge in [0.05, 0.1) is 5.41 Å². The van der Waals surface area contributed by atoms with Gasteiger partial charge < -0.3 is 10.8 Å². The van der Waals surface area contributed by atoms with Crippen LogP contribution in [-0.4, -0.2) is 17.6 Å². The number of aryl methyl sites for hydroxylation is 2. The number of fused-ring (bicyclic) bond motifs is 1. The zero-order valence-corrected chi connectivity index (χ0v) is 10.2. The lowest BCUT2D eigenvalue weighted by Gasteiger charge is -2.25. The molecule has 0 saturated heterocycles. The van der Waals surface area contributed by atoms with E-state index in [2.05, 4.69) is 12.1 Å². The summed E-state index contributed by atoms with van der Waals surface area (Å²) >= 11 is 0. The van der Waals surface area contributed by atoms with Crippen molar-refractivity contribution < 1.29 is 9.90 Å². The summed E-state index contributed by atoms with van der Waals surface area (Å²) in [5.41, 5.74) is 8.25. The molecule has 0 bridgehead atoms. The molecule has 2 rings (SSSR count). The minimum absolute atomic E-state index is 0.389. The van der Waals surface area contributed by atoms with Gasteiger partial charge in [-0.1, -0.05) is 18.2 Å². The topological polar surface area (TPSA) is 63.3 Å². The van der Waals surface area contributed by atoms with Gasteiger partial charge in [0.1, 0.15) is 0 Å². The molecule has 3 N–H and O–H groups in total. The second-order valence-electron chi connectivity index (χ2n) is 5.01. The number of nitrogens with two attached hydrogens (primary N) is 1. The van der Waals surface area contributed by atoms with Crippen molar-refractivity contribution in [1.82, 2.24) is 0 Å². The molecule has 0 radical (unpaired) electrons. The predicted molar refractivity (Wildman–Crippen MR) is 67.1 cm³/mol. The van der Waals surface area contributed by atoms with E-state index in [4.69, 9.17) is 5.73 Å². The molecule has 0 saturated carbocycles. The van der Waals surface area contributed by atoms with Crippen molar-refractivity contribution in [2.45, 2.75) is 38.0 Å². The average Bonchev–Trinajstić information content (AvgIpc) is 2.75. The molecule has 1 aliphatic rings. The van der Waals surface area contributed by atoms with Gasteiger partial charge in [0, 0.05) is 0 Å². The highest BCUT2D eigenvalue weighted by Crippen LogP contribution is 2.32. The minimum atomic E-state index is -0.855. The third kappa shape index (κ3) is 2.07. The normalized spacial score (nSPS) is 17.5. The maximum Gasteiger partial charge on any atom is 0.313 e. The van der Waals surface area contributed by atoms with Crippen molar-refractivity contribution in [1.29, 1.82) is 0 Å². The largest absolute Gasteiger partial charge is 0.481 e. The molecule has 3 heteroatoms.